The highest BCUT2D eigenvalue weighted by Crippen LogP contribution is 2.71. The minimum atomic E-state index is -0.435. The third-order valence-corrected chi connectivity index (χ3v) is 6.80. The SMILES string of the molecule is C/C=C(\C)[C@H]1OC2C(C)=CC(C)(C=O)[C@@H]3C(C)=C[C@@]1(C)[C@]23C. The van der Waals surface area contributed by atoms with Crippen LogP contribution in [-0.2, 0) is 9.53 Å². The van der Waals surface area contributed by atoms with Gasteiger partial charge in [0.2, 0.25) is 0 Å². The molecule has 0 aromatic rings. The van der Waals surface area contributed by atoms with E-state index in [0.717, 1.165) is 6.29 Å². The van der Waals surface area contributed by atoms with Crippen molar-refractivity contribution in [2.75, 3.05) is 0 Å². The zero-order valence-corrected chi connectivity index (χ0v) is 14.9. The van der Waals surface area contributed by atoms with E-state index in [0.29, 0.717) is 0 Å². The molecule has 1 saturated heterocycles. The smallest absolute Gasteiger partial charge is 0.130 e. The van der Waals surface area contributed by atoms with E-state index in [1.54, 1.807) is 0 Å². The molecule has 2 nitrogen and oxygen atoms in total. The number of carbonyl (C=O) groups excluding carboxylic acids is 1. The van der Waals surface area contributed by atoms with Crippen LogP contribution in [0.25, 0.3) is 0 Å². The van der Waals surface area contributed by atoms with Crippen LogP contribution in [-0.4, -0.2) is 18.5 Å². The number of hydrogen-bond donors (Lipinski definition) is 0. The van der Waals surface area contributed by atoms with Crippen molar-refractivity contribution < 1.29 is 9.53 Å². The largest absolute Gasteiger partial charge is 0.365 e. The summed E-state index contributed by atoms with van der Waals surface area (Å²) in [6.07, 6.45) is 8.01. The van der Waals surface area contributed by atoms with Crippen LogP contribution in [0.3, 0.4) is 0 Å². The lowest BCUT2D eigenvalue weighted by molar-refractivity contribution is -0.119. The number of aldehydes is 1. The number of allylic oxidation sites excluding steroid dienone is 3. The van der Waals surface area contributed by atoms with Crippen LogP contribution in [0, 0.1) is 22.2 Å². The van der Waals surface area contributed by atoms with Crippen molar-refractivity contribution in [3.05, 3.63) is 34.9 Å². The first kappa shape index (κ1) is 15.7. The molecule has 1 aliphatic heterocycles. The quantitative estimate of drug-likeness (QED) is 0.555. The lowest BCUT2D eigenvalue weighted by Gasteiger charge is -2.51. The summed E-state index contributed by atoms with van der Waals surface area (Å²) in [4.78, 5) is 11.9. The van der Waals surface area contributed by atoms with Crippen molar-refractivity contribution in [2.45, 2.75) is 60.7 Å². The van der Waals surface area contributed by atoms with Crippen LogP contribution in [0.2, 0.25) is 0 Å². The third-order valence-electron chi connectivity index (χ3n) is 6.80. The van der Waals surface area contributed by atoms with E-state index in [4.69, 9.17) is 4.74 Å². The van der Waals surface area contributed by atoms with Crippen LogP contribution >= 0.6 is 0 Å². The van der Waals surface area contributed by atoms with Gasteiger partial charge in [-0.05, 0) is 45.8 Å². The summed E-state index contributed by atoms with van der Waals surface area (Å²) < 4.78 is 6.56. The Bertz CT molecular complexity index is 626. The Morgan fingerprint density at radius 1 is 1.18 bits per heavy atom. The Morgan fingerprint density at radius 3 is 2.36 bits per heavy atom. The van der Waals surface area contributed by atoms with Gasteiger partial charge in [0.1, 0.15) is 6.29 Å². The van der Waals surface area contributed by atoms with Crippen molar-refractivity contribution in [1.82, 2.24) is 0 Å². The van der Waals surface area contributed by atoms with E-state index in [-0.39, 0.29) is 29.0 Å². The normalized spacial score (nSPS) is 50.5. The van der Waals surface area contributed by atoms with Gasteiger partial charge in [0.05, 0.1) is 12.2 Å². The molecule has 120 valence electrons. The molecule has 2 aliphatic carbocycles. The molecule has 0 amide bonds. The molecule has 0 aromatic carbocycles. The number of ether oxygens (including phenoxy) is 1. The molecular formula is C20H28O2. The van der Waals surface area contributed by atoms with E-state index in [1.165, 1.54) is 16.7 Å². The van der Waals surface area contributed by atoms with Crippen molar-refractivity contribution in [3.8, 4) is 0 Å². The maximum Gasteiger partial charge on any atom is 0.130 e. The molecule has 0 N–H and O–H groups in total. The van der Waals surface area contributed by atoms with Crippen LogP contribution in [0.5, 0.6) is 0 Å². The van der Waals surface area contributed by atoms with Gasteiger partial charge in [-0.3, -0.25) is 0 Å². The molecule has 3 rings (SSSR count). The lowest BCUT2D eigenvalue weighted by Crippen LogP contribution is -2.52. The van der Waals surface area contributed by atoms with Crippen LogP contribution < -0.4 is 0 Å². The molecule has 2 heteroatoms. The molecule has 0 aromatic heterocycles. The van der Waals surface area contributed by atoms with Crippen molar-refractivity contribution in [2.24, 2.45) is 22.2 Å². The van der Waals surface area contributed by atoms with Crippen LogP contribution in [0.15, 0.2) is 34.9 Å². The van der Waals surface area contributed by atoms with E-state index in [9.17, 15) is 4.79 Å². The van der Waals surface area contributed by atoms with Crippen LogP contribution in [0.4, 0.5) is 0 Å². The summed E-state index contributed by atoms with van der Waals surface area (Å²) in [6, 6.07) is 0. The zero-order valence-electron chi connectivity index (χ0n) is 14.9. The minimum Gasteiger partial charge on any atom is -0.365 e. The minimum absolute atomic E-state index is 0.0667. The Balaban J connectivity index is 2.27. The van der Waals surface area contributed by atoms with Gasteiger partial charge in [0, 0.05) is 22.2 Å². The van der Waals surface area contributed by atoms with Gasteiger partial charge in [-0.2, -0.15) is 0 Å². The maximum absolute atomic E-state index is 11.9. The van der Waals surface area contributed by atoms with Gasteiger partial charge in [0.25, 0.3) is 0 Å². The second-order valence-electron chi connectivity index (χ2n) is 8.19. The van der Waals surface area contributed by atoms with Crippen molar-refractivity contribution in [3.63, 3.8) is 0 Å². The monoisotopic (exact) mass is 300 g/mol. The predicted octanol–water partition coefficient (Wildman–Crippen LogP) is 4.47. The Kier molecular flexibility index (Phi) is 3.18. The van der Waals surface area contributed by atoms with Gasteiger partial charge in [-0.15, -0.1) is 0 Å². The Hall–Kier alpha value is -1.15. The zero-order chi connectivity index (χ0) is 16.5. The third kappa shape index (κ3) is 1.52. The Labute approximate surface area is 134 Å². The maximum atomic E-state index is 11.9. The fraction of sp³-hybridized carbons (Fsp3) is 0.650. The number of carbonyl (C=O) groups is 1. The summed E-state index contributed by atoms with van der Waals surface area (Å²) in [6.45, 7) is 15.3. The molecular weight excluding hydrogens is 272 g/mol. The first-order valence-electron chi connectivity index (χ1n) is 8.29. The average molecular weight is 300 g/mol. The number of rotatable bonds is 2. The molecule has 0 radical (unpaired) electrons. The average Bonchev–Trinajstić information content (AvgIpc) is 2.79. The highest BCUT2D eigenvalue weighted by atomic mass is 16.5. The predicted molar refractivity (Wildman–Crippen MR) is 89.5 cm³/mol. The molecule has 6 atom stereocenters. The second kappa shape index (κ2) is 4.44. The first-order chi connectivity index (χ1) is 10.2. The van der Waals surface area contributed by atoms with Gasteiger partial charge >= 0.3 is 0 Å². The molecule has 2 unspecified atom stereocenters. The molecule has 0 bridgehead atoms. The van der Waals surface area contributed by atoms with E-state index in [2.05, 4.69) is 66.7 Å². The summed E-state index contributed by atoms with van der Waals surface area (Å²) in [5.74, 6) is 0.214. The van der Waals surface area contributed by atoms with Crippen molar-refractivity contribution >= 4 is 6.29 Å². The molecule has 1 fully saturated rings. The van der Waals surface area contributed by atoms with Gasteiger partial charge < -0.3 is 9.53 Å². The molecule has 22 heavy (non-hydrogen) atoms. The van der Waals surface area contributed by atoms with Gasteiger partial charge in [-0.25, -0.2) is 0 Å². The fourth-order valence-corrected chi connectivity index (χ4v) is 5.91. The lowest BCUT2D eigenvalue weighted by atomic mass is 9.50. The Morgan fingerprint density at radius 2 is 1.82 bits per heavy atom. The highest BCUT2D eigenvalue weighted by Gasteiger charge is 2.71. The first-order valence-corrected chi connectivity index (χ1v) is 8.29. The van der Waals surface area contributed by atoms with Gasteiger partial charge in [-0.1, -0.05) is 37.6 Å². The summed E-state index contributed by atoms with van der Waals surface area (Å²) in [5, 5.41) is 0. The standard InChI is InChI=1S/C20H28O2/c1-8-12(2)16-19(6)10-13(3)15-18(5,11-21)9-14(4)17(22-16)20(15,19)7/h8-11,15-17H,1-7H3/b12-8+/t15-,16+,17?,18?,19+,20-/m0/s1. The van der Waals surface area contributed by atoms with Gasteiger partial charge in [0.15, 0.2) is 0 Å². The summed E-state index contributed by atoms with van der Waals surface area (Å²) in [7, 11) is 0. The number of hydrogen-bond acceptors (Lipinski definition) is 2. The topological polar surface area (TPSA) is 26.3 Å². The van der Waals surface area contributed by atoms with E-state index >= 15 is 0 Å². The molecule has 0 saturated carbocycles. The molecule has 3 aliphatic rings. The fourth-order valence-electron chi connectivity index (χ4n) is 5.91. The summed E-state index contributed by atoms with van der Waals surface area (Å²) >= 11 is 0. The van der Waals surface area contributed by atoms with Crippen molar-refractivity contribution in [1.29, 1.82) is 0 Å². The highest BCUT2D eigenvalue weighted by molar-refractivity contribution is 5.67. The van der Waals surface area contributed by atoms with Crippen LogP contribution in [0.1, 0.15) is 48.5 Å². The molecule has 0 spiro atoms. The van der Waals surface area contributed by atoms with E-state index in [1.807, 2.05) is 0 Å². The second-order valence-corrected chi connectivity index (χ2v) is 8.19. The summed E-state index contributed by atoms with van der Waals surface area (Å²) in [5.41, 5.74) is 3.25. The van der Waals surface area contributed by atoms with E-state index < -0.39 is 5.41 Å². The molecule has 1 heterocycles.